The van der Waals surface area contributed by atoms with E-state index in [0.29, 0.717) is 12.8 Å². The first-order valence-corrected chi connectivity index (χ1v) is 4.61. The van der Waals surface area contributed by atoms with Gasteiger partial charge in [0.1, 0.15) is 0 Å². The molecule has 1 saturated heterocycles. The van der Waals surface area contributed by atoms with Crippen LogP contribution >= 0.6 is 0 Å². The Morgan fingerprint density at radius 2 is 1.54 bits per heavy atom. The number of hydrogen-bond acceptors (Lipinski definition) is 2. The Hall–Kier alpha value is -0.860. The molecule has 0 atom stereocenters. The van der Waals surface area contributed by atoms with Gasteiger partial charge in [0.15, 0.2) is 0 Å². The standard InChI is InChI=1S/C10H17NO2/c1-10(2,3)7-5-8(12)11(4)9(13)6-7/h7H,5-6H2,1-4H3. The van der Waals surface area contributed by atoms with Gasteiger partial charge in [-0.25, -0.2) is 0 Å². The molecule has 0 unspecified atom stereocenters. The molecule has 0 radical (unpaired) electrons. The van der Waals surface area contributed by atoms with Crippen LogP contribution in [0.25, 0.3) is 0 Å². The van der Waals surface area contributed by atoms with Crippen molar-refractivity contribution < 1.29 is 9.59 Å². The van der Waals surface area contributed by atoms with Crippen molar-refractivity contribution >= 4 is 11.8 Å². The van der Waals surface area contributed by atoms with E-state index >= 15 is 0 Å². The van der Waals surface area contributed by atoms with Gasteiger partial charge >= 0.3 is 0 Å². The second-order valence-electron chi connectivity index (χ2n) is 4.82. The third kappa shape index (κ3) is 2.08. The number of nitrogens with zero attached hydrogens (tertiary/aromatic N) is 1. The fourth-order valence-electron chi connectivity index (χ4n) is 1.52. The van der Waals surface area contributed by atoms with Crippen LogP contribution in [0.1, 0.15) is 33.6 Å². The Bertz CT molecular complexity index is 222. The fourth-order valence-corrected chi connectivity index (χ4v) is 1.52. The predicted molar refractivity (Wildman–Crippen MR) is 50.0 cm³/mol. The summed E-state index contributed by atoms with van der Waals surface area (Å²) in [6.45, 7) is 6.22. The number of imide groups is 1. The molecule has 0 N–H and O–H groups in total. The summed E-state index contributed by atoms with van der Waals surface area (Å²) in [6.07, 6.45) is 1.01. The van der Waals surface area contributed by atoms with E-state index in [0.717, 1.165) is 0 Å². The minimum absolute atomic E-state index is 0.0452. The van der Waals surface area contributed by atoms with E-state index in [2.05, 4.69) is 20.8 Å². The highest BCUT2D eigenvalue weighted by Gasteiger charge is 2.36. The first kappa shape index (κ1) is 10.2. The first-order valence-electron chi connectivity index (χ1n) is 4.61. The lowest BCUT2D eigenvalue weighted by atomic mass is 9.75. The summed E-state index contributed by atoms with van der Waals surface area (Å²) in [5, 5.41) is 0. The summed E-state index contributed by atoms with van der Waals surface area (Å²) in [5.41, 5.74) is 0.0482. The van der Waals surface area contributed by atoms with E-state index in [1.807, 2.05) is 0 Å². The summed E-state index contributed by atoms with van der Waals surface area (Å²) in [7, 11) is 1.56. The Labute approximate surface area is 79.1 Å². The largest absolute Gasteiger partial charge is 0.286 e. The summed E-state index contributed by atoms with van der Waals surface area (Å²) in [4.78, 5) is 24.0. The van der Waals surface area contributed by atoms with Crippen LogP contribution in [0.4, 0.5) is 0 Å². The Morgan fingerprint density at radius 3 is 1.85 bits per heavy atom. The molecule has 3 nitrogen and oxygen atoms in total. The second-order valence-corrected chi connectivity index (χ2v) is 4.82. The van der Waals surface area contributed by atoms with E-state index < -0.39 is 0 Å². The van der Waals surface area contributed by atoms with Gasteiger partial charge in [-0.3, -0.25) is 14.5 Å². The SMILES string of the molecule is CN1C(=O)CC(C(C)(C)C)CC1=O. The van der Waals surface area contributed by atoms with Crippen molar-refractivity contribution in [2.75, 3.05) is 7.05 Å². The lowest BCUT2D eigenvalue weighted by Gasteiger charge is -2.35. The molecule has 3 heteroatoms. The van der Waals surface area contributed by atoms with Crippen LogP contribution in [0.15, 0.2) is 0 Å². The molecule has 0 saturated carbocycles. The number of piperidine rings is 1. The van der Waals surface area contributed by atoms with Gasteiger partial charge in [-0.05, 0) is 11.3 Å². The number of hydrogen-bond donors (Lipinski definition) is 0. The minimum atomic E-state index is -0.0452. The molecule has 0 spiro atoms. The van der Waals surface area contributed by atoms with Gasteiger partial charge in [-0.2, -0.15) is 0 Å². The van der Waals surface area contributed by atoms with Crippen molar-refractivity contribution in [1.82, 2.24) is 4.90 Å². The maximum atomic E-state index is 11.4. The maximum absolute atomic E-state index is 11.4. The van der Waals surface area contributed by atoms with Gasteiger partial charge in [-0.1, -0.05) is 20.8 Å². The number of likely N-dealkylation sites (tertiary alicyclic amines) is 1. The van der Waals surface area contributed by atoms with Crippen LogP contribution in [-0.2, 0) is 9.59 Å². The van der Waals surface area contributed by atoms with Crippen LogP contribution in [0.2, 0.25) is 0 Å². The van der Waals surface area contributed by atoms with Gasteiger partial charge in [-0.15, -0.1) is 0 Å². The summed E-state index contributed by atoms with van der Waals surface area (Å²) >= 11 is 0. The van der Waals surface area contributed by atoms with Crippen LogP contribution in [0.5, 0.6) is 0 Å². The molecule has 74 valence electrons. The van der Waals surface area contributed by atoms with Crippen LogP contribution < -0.4 is 0 Å². The van der Waals surface area contributed by atoms with Gasteiger partial charge in [0, 0.05) is 19.9 Å². The summed E-state index contributed by atoms with van der Waals surface area (Å²) in [5.74, 6) is 0.107. The lowest BCUT2D eigenvalue weighted by Crippen LogP contribution is -2.43. The molecule has 0 aromatic rings. The summed E-state index contributed by atoms with van der Waals surface area (Å²) < 4.78 is 0. The molecular weight excluding hydrogens is 166 g/mol. The van der Waals surface area contributed by atoms with E-state index in [1.54, 1.807) is 7.05 Å². The van der Waals surface area contributed by atoms with Crippen molar-refractivity contribution in [2.24, 2.45) is 11.3 Å². The number of carbonyl (C=O) groups excluding carboxylic acids is 2. The zero-order chi connectivity index (χ0) is 10.2. The van der Waals surface area contributed by atoms with Gasteiger partial charge < -0.3 is 0 Å². The third-order valence-corrected chi connectivity index (χ3v) is 2.81. The number of rotatable bonds is 0. The number of amides is 2. The predicted octanol–water partition coefficient (Wildman–Crippen LogP) is 1.43. The van der Waals surface area contributed by atoms with Crippen molar-refractivity contribution in [1.29, 1.82) is 0 Å². The average molecular weight is 183 g/mol. The molecule has 0 aliphatic carbocycles. The van der Waals surface area contributed by atoms with Crippen LogP contribution in [-0.4, -0.2) is 23.8 Å². The molecular formula is C10H17NO2. The smallest absolute Gasteiger partial charge is 0.229 e. The van der Waals surface area contributed by atoms with Crippen molar-refractivity contribution in [3.05, 3.63) is 0 Å². The van der Waals surface area contributed by atoms with E-state index in [4.69, 9.17) is 0 Å². The molecule has 2 amide bonds. The highest BCUT2D eigenvalue weighted by atomic mass is 16.2. The van der Waals surface area contributed by atoms with E-state index in [-0.39, 0.29) is 23.1 Å². The molecule has 0 aromatic carbocycles. The van der Waals surface area contributed by atoms with Gasteiger partial charge in [0.05, 0.1) is 0 Å². The molecule has 0 aromatic heterocycles. The molecule has 1 heterocycles. The Morgan fingerprint density at radius 1 is 1.15 bits per heavy atom. The first-order chi connectivity index (χ1) is 5.82. The average Bonchev–Trinajstić information content (AvgIpc) is 1.97. The van der Waals surface area contributed by atoms with Crippen molar-refractivity contribution in [3.8, 4) is 0 Å². The molecule has 13 heavy (non-hydrogen) atoms. The third-order valence-electron chi connectivity index (χ3n) is 2.81. The normalized spacial score (nSPS) is 21.1. The fraction of sp³-hybridized carbons (Fsp3) is 0.800. The topological polar surface area (TPSA) is 37.4 Å². The van der Waals surface area contributed by atoms with Crippen molar-refractivity contribution in [3.63, 3.8) is 0 Å². The minimum Gasteiger partial charge on any atom is -0.286 e. The number of carbonyl (C=O) groups is 2. The molecule has 0 bridgehead atoms. The van der Waals surface area contributed by atoms with Crippen LogP contribution in [0, 0.1) is 11.3 Å². The zero-order valence-corrected chi connectivity index (χ0v) is 8.76. The monoisotopic (exact) mass is 183 g/mol. The molecule has 1 rings (SSSR count). The van der Waals surface area contributed by atoms with E-state index in [9.17, 15) is 9.59 Å². The quantitative estimate of drug-likeness (QED) is 0.533. The Kier molecular flexibility index (Phi) is 2.46. The van der Waals surface area contributed by atoms with Crippen molar-refractivity contribution in [2.45, 2.75) is 33.6 Å². The Balaban J connectivity index is 2.75. The highest BCUT2D eigenvalue weighted by molar-refractivity contribution is 5.97. The van der Waals surface area contributed by atoms with E-state index in [1.165, 1.54) is 4.90 Å². The highest BCUT2D eigenvalue weighted by Crippen LogP contribution is 2.34. The van der Waals surface area contributed by atoms with Crippen LogP contribution in [0.3, 0.4) is 0 Å². The molecule has 1 fully saturated rings. The summed E-state index contributed by atoms with van der Waals surface area (Å²) in [6, 6.07) is 0. The second kappa shape index (κ2) is 3.13. The lowest BCUT2D eigenvalue weighted by molar-refractivity contribution is -0.150. The molecule has 1 aliphatic heterocycles. The molecule has 1 aliphatic rings. The zero-order valence-electron chi connectivity index (χ0n) is 8.76. The van der Waals surface area contributed by atoms with Gasteiger partial charge in [0.25, 0.3) is 0 Å². The maximum Gasteiger partial charge on any atom is 0.229 e. The van der Waals surface area contributed by atoms with Gasteiger partial charge in [0.2, 0.25) is 11.8 Å².